The van der Waals surface area contributed by atoms with E-state index < -0.39 is 0 Å². The molecule has 15 heavy (non-hydrogen) atoms. The summed E-state index contributed by atoms with van der Waals surface area (Å²) in [5.74, 6) is 0. The molecule has 1 aliphatic rings. The Morgan fingerprint density at radius 1 is 1.47 bits per heavy atom. The molecule has 0 spiro atoms. The minimum absolute atomic E-state index is 0.384. The lowest BCUT2D eigenvalue weighted by molar-refractivity contribution is 0.00178. The van der Waals surface area contributed by atoms with Gasteiger partial charge in [0.05, 0.1) is 12.7 Å². The van der Waals surface area contributed by atoms with Gasteiger partial charge in [0, 0.05) is 25.7 Å². The topological polar surface area (TPSA) is 24.5 Å². The summed E-state index contributed by atoms with van der Waals surface area (Å²) >= 11 is 0. The molecule has 0 bridgehead atoms. The molecule has 1 heterocycles. The van der Waals surface area contributed by atoms with Crippen molar-refractivity contribution in [3.05, 3.63) is 0 Å². The maximum absolute atomic E-state index is 5.72. The van der Waals surface area contributed by atoms with Crippen molar-refractivity contribution in [1.82, 2.24) is 10.2 Å². The van der Waals surface area contributed by atoms with Crippen molar-refractivity contribution in [1.29, 1.82) is 0 Å². The second-order valence-corrected chi connectivity index (χ2v) is 4.49. The van der Waals surface area contributed by atoms with Crippen LogP contribution in [0.2, 0.25) is 0 Å². The van der Waals surface area contributed by atoms with Gasteiger partial charge in [0.25, 0.3) is 0 Å². The average Bonchev–Trinajstić information content (AvgIpc) is 2.27. The number of hydrogen-bond donors (Lipinski definition) is 1. The molecular formula is C12H26N2O. The summed E-state index contributed by atoms with van der Waals surface area (Å²) in [4.78, 5) is 2.46. The summed E-state index contributed by atoms with van der Waals surface area (Å²) in [6, 6.07) is 0.723. The summed E-state index contributed by atoms with van der Waals surface area (Å²) in [5.41, 5.74) is 0. The van der Waals surface area contributed by atoms with Gasteiger partial charge < -0.3 is 15.0 Å². The lowest BCUT2D eigenvalue weighted by atomic mass is 10.1. The number of ether oxygens (including phenoxy) is 1. The third-order valence-electron chi connectivity index (χ3n) is 3.21. The van der Waals surface area contributed by atoms with Crippen molar-refractivity contribution in [2.45, 2.75) is 45.3 Å². The van der Waals surface area contributed by atoms with Crippen LogP contribution in [0.25, 0.3) is 0 Å². The molecule has 3 nitrogen and oxygen atoms in total. The lowest BCUT2D eigenvalue weighted by Gasteiger charge is -2.32. The van der Waals surface area contributed by atoms with E-state index in [0.717, 1.165) is 32.3 Å². The standard InChI is InChI=1S/C12H26N2O/c1-4-6-11(5-2)14(3)10-12-9-13-7-8-15-12/h11-13H,4-10H2,1-3H3. The molecule has 1 saturated heterocycles. The van der Waals surface area contributed by atoms with E-state index in [0.29, 0.717) is 6.10 Å². The SMILES string of the molecule is CCCC(CC)N(C)CC1CNCCO1. The predicted octanol–water partition coefficient (Wildman–Crippen LogP) is 1.49. The lowest BCUT2D eigenvalue weighted by Crippen LogP contribution is -2.46. The van der Waals surface area contributed by atoms with Crippen molar-refractivity contribution >= 4 is 0 Å². The molecular weight excluding hydrogens is 188 g/mol. The number of rotatable bonds is 6. The quantitative estimate of drug-likeness (QED) is 0.725. The fraction of sp³-hybridized carbons (Fsp3) is 1.00. The van der Waals surface area contributed by atoms with Gasteiger partial charge in [-0.3, -0.25) is 0 Å². The Balaban J connectivity index is 2.27. The Morgan fingerprint density at radius 2 is 2.27 bits per heavy atom. The molecule has 90 valence electrons. The minimum Gasteiger partial charge on any atom is -0.374 e. The Labute approximate surface area is 94.2 Å². The summed E-state index contributed by atoms with van der Waals surface area (Å²) in [6.45, 7) is 8.47. The fourth-order valence-corrected chi connectivity index (χ4v) is 2.28. The normalized spacial score (nSPS) is 24.4. The fourth-order valence-electron chi connectivity index (χ4n) is 2.28. The summed E-state index contributed by atoms with van der Waals surface area (Å²) in [7, 11) is 2.22. The molecule has 0 saturated carbocycles. The number of morpholine rings is 1. The first-order valence-electron chi connectivity index (χ1n) is 6.30. The minimum atomic E-state index is 0.384. The molecule has 0 aliphatic carbocycles. The van der Waals surface area contributed by atoms with Gasteiger partial charge in [0.1, 0.15) is 0 Å². The summed E-state index contributed by atoms with van der Waals surface area (Å²) in [5, 5.41) is 3.38. The number of nitrogens with zero attached hydrogens (tertiary/aromatic N) is 1. The van der Waals surface area contributed by atoms with Crippen LogP contribution in [-0.2, 0) is 4.74 Å². The van der Waals surface area contributed by atoms with Crippen LogP contribution in [0.1, 0.15) is 33.1 Å². The highest BCUT2D eigenvalue weighted by atomic mass is 16.5. The van der Waals surface area contributed by atoms with E-state index in [-0.39, 0.29) is 0 Å². The molecule has 0 radical (unpaired) electrons. The third kappa shape index (κ3) is 4.49. The molecule has 0 aromatic rings. The average molecular weight is 214 g/mol. The van der Waals surface area contributed by atoms with Gasteiger partial charge in [-0.25, -0.2) is 0 Å². The Morgan fingerprint density at radius 3 is 2.80 bits per heavy atom. The van der Waals surface area contributed by atoms with E-state index >= 15 is 0 Å². The molecule has 2 atom stereocenters. The highest BCUT2D eigenvalue weighted by Gasteiger charge is 2.19. The predicted molar refractivity (Wildman–Crippen MR) is 64.2 cm³/mol. The van der Waals surface area contributed by atoms with Gasteiger partial charge in [-0.15, -0.1) is 0 Å². The van der Waals surface area contributed by atoms with Gasteiger partial charge in [-0.1, -0.05) is 20.3 Å². The zero-order valence-electron chi connectivity index (χ0n) is 10.5. The largest absolute Gasteiger partial charge is 0.374 e. The van der Waals surface area contributed by atoms with Crippen LogP contribution in [0.15, 0.2) is 0 Å². The third-order valence-corrected chi connectivity index (χ3v) is 3.21. The second-order valence-electron chi connectivity index (χ2n) is 4.49. The molecule has 1 N–H and O–H groups in total. The van der Waals surface area contributed by atoms with Crippen LogP contribution in [0.4, 0.5) is 0 Å². The first-order valence-corrected chi connectivity index (χ1v) is 6.30. The Hall–Kier alpha value is -0.120. The summed E-state index contributed by atoms with van der Waals surface area (Å²) < 4.78 is 5.72. The Bertz CT molecular complexity index is 158. The smallest absolute Gasteiger partial charge is 0.0826 e. The maximum Gasteiger partial charge on any atom is 0.0826 e. The van der Waals surface area contributed by atoms with Crippen LogP contribution in [0.3, 0.4) is 0 Å². The van der Waals surface area contributed by atoms with Gasteiger partial charge in [-0.2, -0.15) is 0 Å². The van der Waals surface area contributed by atoms with Gasteiger partial charge >= 0.3 is 0 Å². The Kier molecular flexibility index (Phi) is 6.22. The van der Waals surface area contributed by atoms with Crippen LogP contribution in [-0.4, -0.2) is 50.3 Å². The highest BCUT2D eigenvalue weighted by molar-refractivity contribution is 4.74. The van der Waals surface area contributed by atoms with Gasteiger partial charge in [0.2, 0.25) is 0 Å². The molecule has 3 heteroatoms. The molecule has 0 amide bonds. The van der Waals surface area contributed by atoms with Crippen LogP contribution in [0.5, 0.6) is 0 Å². The van der Waals surface area contributed by atoms with Crippen molar-refractivity contribution in [3.63, 3.8) is 0 Å². The van der Waals surface area contributed by atoms with E-state index in [2.05, 4.69) is 31.1 Å². The number of likely N-dealkylation sites (N-methyl/N-ethyl adjacent to an activating group) is 1. The van der Waals surface area contributed by atoms with E-state index in [4.69, 9.17) is 4.74 Å². The zero-order chi connectivity index (χ0) is 11.1. The van der Waals surface area contributed by atoms with E-state index in [1.165, 1.54) is 19.3 Å². The van der Waals surface area contributed by atoms with Gasteiger partial charge in [0.15, 0.2) is 0 Å². The molecule has 0 aromatic heterocycles. The van der Waals surface area contributed by atoms with E-state index in [9.17, 15) is 0 Å². The highest BCUT2D eigenvalue weighted by Crippen LogP contribution is 2.10. The van der Waals surface area contributed by atoms with E-state index in [1.54, 1.807) is 0 Å². The van der Waals surface area contributed by atoms with E-state index in [1.807, 2.05) is 0 Å². The summed E-state index contributed by atoms with van der Waals surface area (Å²) in [6.07, 6.45) is 4.19. The van der Waals surface area contributed by atoms with Crippen molar-refractivity contribution < 1.29 is 4.74 Å². The molecule has 1 rings (SSSR count). The first kappa shape index (κ1) is 12.9. The number of hydrogen-bond acceptors (Lipinski definition) is 3. The van der Waals surface area contributed by atoms with Crippen LogP contribution in [0, 0.1) is 0 Å². The maximum atomic E-state index is 5.72. The van der Waals surface area contributed by atoms with Crippen LogP contribution < -0.4 is 5.32 Å². The monoisotopic (exact) mass is 214 g/mol. The van der Waals surface area contributed by atoms with Crippen molar-refractivity contribution in [2.75, 3.05) is 33.3 Å². The zero-order valence-corrected chi connectivity index (χ0v) is 10.5. The van der Waals surface area contributed by atoms with Crippen LogP contribution >= 0.6 is 0 Å². The number of nitrogens with one attached hydrogen (secondary N) is 1. The first-order chi connectivity index (χ1) is 7.27. The second kappa shape index (κ2) is 7.20. The molecule has 0 aromatic carbocycles. The molecule has 1 aliphatic heterocycles. The molecule has 1 fully saturated rings. The van der Waals surface area contributed by atoms with Crippen molar-refractivity contribution in [3.8, 4) is 0 Å². The molecule has 2 unspecified atom stereocenters. The van der Waals surface area contributed by atoms with Crippen molar-refractivity contribution in [2.24, 2.45) is 0 Å². The van der Waals surface area contributed by atoms with Gasteiger partial charge in [-0.05, 0) is 19.9 Å².